The standard InChI is InChI=1S/C11H21N/c1-8-4-5-10-6-12(3)7-11(8)9(10)2/h8-11H,4-7H2,1-3H3. The maximum absolute atomic E-state index is 2.53. The van der Waals surface area contributed by atoms with Crippen LogP contribution in [0.25, 0.3) is 0 Å². The van der Waals surface area contributed by atoms with Crippen LogP contribution in [0.4, 0.5) is 0 Å². The van der Waals surface area contributed by atoms with Gasteiger partial charge in [-0.05, 0) is 37.1 Å². The number of hydrogen-bond donors (Lipinski definition) is 0. The van der Waals surface area contributed by atoms with Gasteiger partial charge in [0.25, 0.3) is 0 Å². The van der Waals surface area contributed by atoms with Crippen LogP contribution in [0, 0.1) is 23.7 Å². The van der Waals surface area contributed by atoms with Crippen molar-refractivity contribution in [2.24, 2.45) is 23.7 Å². The van der Waals surface area contributed by atoms with Crippen molar-refractivity contribution in [3.05, 3.63) is 0 Å². The molecular formula is C11H21N. The highest BCUT2D eigenvalue weighted by Gasteiger charge is 2.38. The lowest BCUT2D eigenvalue weighted by molar-refractivity contribution is 0.0130. The fraction of sp³-hybridized carbons (Fsp3) is 1.00. The van der Waals surface area contributed by atoms with E-state index in [-0.39, 0.29) is 0 Å². The molecule has 0 N–H and O–H groups in total. The van der Waals surface area contributed by atoms with Gasteiger partial charge in [0.2, 0.25) is 0 Å². The van der Waals surface area contributed by atoms with Crippen molar-refractivity contribution in [3.8, 4) is 0 Å². The van der Waals surface area contributed by atoms with Crippen LogP contribution in [-0.2, 0) is 0 Å². The van der Waals surface area contributed by atoms with Gasteiger partial charge in [-0.2, -0.15) is 0 Å². The summed E-state index contributed by atoms with van der Waals surface area (Å²) in [7, 11) is 2.28. The monoisotopic (exact) mass is 167 g/mol. The Balaban J connectivity index is 2.11. The van der Waals surface area contributed by atoms with Gasteiger partial charge in [0.1, 0.15) is 0 Å². The summed E-state index contributed by atoms with van der Waals surface area (Å²) in [5, 5.41) is 0. The average molecular weight is 167 g/mol. The molecule has 1 nitrogen and oxygen atoms in total. The maximum atomic E-state index is 2.53. The molecule has 1 saturated heterocycles. The minimum atomic E-state index is 0.971. The van der Waals surface area contributed by atoms with Crippen LogP contribution in [0.2, 0.25) is 0 Å². The van der Waals surface area contributed by atoms with Crippen molar-refractivity contribution < 1.29 is 0 Å². The minimum Gasteiger partial charge on any atom is -0.306 e. The highest BCUT2D eigenvalue weighted by Crippen LogP contribution is 2.41. The molecule has 0 aromatic carbocycles. The van der Waals surface area contributed by atoms with Crippen molar-refractivity contribution in [1.82, 2.24) is 4.90 Å². The number of hydrogen-bond acceptors (Lipinski definition) is 1. The van der Waals surface area contributed by atoms with E-state index in [9.17, 15) is 0 Å². The van der Waals surface area contributed by atoms with Crippen LogP contribution in [0.15, 0.2) is 0 Å². The van der Waals surface area contributed by atoms with Crippen LogP contribution in [0.5, 0.6) is 0 Å². The second-order valence-electron chi connectivity index (χ2n) is 5.06. The van der Waals surface area contributed by atoms with E-state index in [1.165, 1.54) is 25.9 Å². The molecule has 0 amide bonds. The number of rotatable bonds is 0. The summed E-state index contributed by atoms with van der Waals surface area (Å²) >= 11 is 0. The van der Waals surface area contributed by atoms with Gasteiger partial charge >= 0.3 is 0 Å². The van der Waals surface area contributed by atoms with Gasteiger partial charge in [-0.1, -0.05) is 20.3 Å². The van der Waals surface area contributed by atoms with Crippen LogP contribution in [0.3, 0.4) is 0 Å². The molecule has 4 atom stereocenters. The summed E-state index contributed by atoms with van der Waals surface area (Å²) in [6, 6.07) is 0. The molecule has 2 aliphatic rings. The molecule has 4 unspecified atom stereocenters. The van der Waals surface area contributed by atoms with E-state index in [0.29, 0.717) is 0 Å². The SMILES string of the molecule is CC1CCC2CN(C)CC1C2C. The first-order valence-electron chi connectivity index (χ1n) is 5.37. The molecule has 1 aliphatic carbocycles. The third kappa shape index (κ3) is 1.28. The summed E-state index contributed by atoms with van der Waals surface area (Å²) in [5.41, 5.74) is 0. The highest BCUT2D eigenvalue weighted by molar-refractivity contribution is 4.90. The molecule has 1 heterocycles. The zero-order chi connectivity index (χ0) is 8.72. The van der Waals surface area contributed by atoms with E-state index in [0.717, 1.165) is 23.7 Å². The molecule has 1 saturated carbocycles. The molecule has 0 aromatic heterocycles. The topological polar surface area (TPSA) is 3.24 Å². The highest BCUT2D eigenvalue weighted by atomic mass is 15.1. The molecule has 0 spiro atoms. The Morgan fingerprint density at radius 3 is 2.58 bits per heavy atom. The van der Waals surface area contributed by atoms with Gasteiger partial charge < -0.3 is 4.90 Å². The van der Waals surface area contributed by atoms with Crippen molar-refractivity contribution >= 4 is 0 Å². The Bertz CT molecular complexity index is 166. The first kappa shape index (κ1) is 8.55. The largest absolute Gasteiger partial charge is 0.306 e. The van der Waals surface area contributed by atoms with E-state index in [2.05, 4.69) is 25.8 Å². The molecule has 0 aromatic rings. The van der Waals surface area contributed by atoms with E-state index in [4.69, 9.17) is 0 Å². The predicted molar refractivity (Wildman–Crippen MR) is 52.0 cm³/mol. The number of nitrogens with zero attached hydrogens (tertiary/aromatic N) is 1. The Labute approximate surface area is 76.1 Å². The smallest absolute Gasteiger partial charge is 0.00119 e. The fourth-order valence-corrected chi connectivity index (χ4v) is 3.26. The van der Waals surface area contributed by atoms with Gasteiger partial charge in [-0.15, -0.1) is 0 Å². The van der Waals surface area contributed by atoms with Crippen molar-refractivity contribution in [2.75, 3.05) is 20.1 Å². The van der Waals surface area contributed by atoms with Gasteiger partial charge in [0, 0.05) is 13.1 Å². The number of piperidine rings is 1. The van der Waals surface area contributed by atoms with Crippen molar-refractivity contribution in [2.45, 2.75) is 26.7 Å². The first-order valence-corrected chi connectivity index (χ1v) is 5.37. The van der Waals surface area contributed by atoms with E-state index in [1.54, 1.807) is 0 Å². The quantitative estimate of drug-likeness (QED) is 0.535. The second-order valence-corrected chi connectivity index (χ2v) is 5.06. The van der Waals surface area contributed by atoms with Crippen LogP contribution >= 0.6 is 0 Å². The molecule has 70 valence electrons. The lowest BCUT2D eigenvalue weighted by atomic mass is 9.65. The maximum Gasteiger partial charge on any atom is 0.00119 e. The van der Waals surface area contributed by atoms with Crippen molar-refractivity contribution in [3.63, 3.8) is 0 Å². The summed E-state index contributed by atoms with van der Waals surface area (Å²) < 4.78 is 0. The molecule has 1 aliphatic heterocycles. The Morgan fingerprint density at radius 2 is 1.83 bits per heavy atom. The molecule has 2 fully saturated rings. The normalized spacial score (nSPS) is 49.2. The fourth-order valence-electron chi connectivity index (χ4n) is 3.26. The first-order chi connectivity index (χ1) is 5.68. The summed E-state index contributed by atoms with van der Waals surface area (Å²) in [5.74, 6) is 3.95. The van der Waals surface area contributed by atoms with E-state index < -0.39 is 0 Å². The lowest BCUT2D eigenvalue weighted by Crippen LogP contribution is -2.48. The minimum absolute atomic E-state index is 0.971. The molecule has 2 rings (SSSR count). The summed E-state index contributed by atoms with van der Waals surface area (Å²) in [6.45, 7) is 7.61. The van der Waals surface area contributed by atoms with Crippen LogP contribution < -0.4 is 0 Å². The van der Waals surface area contributed by atoms with Gasteiger partial charge in [0.15, 0.2) is 0 Å². The van der Waals surface area contributed by atoms with Crippen LogP contribution in [-0.4, -0.2) is 25.0 Å². The number of likely N-dealkylation sites (tertiary alicyclic amines) is 1. The summed E-state index contributed by atoms with van der Waals surface area (Å²) in [4.78, 5) is 2.53. The Kier molecular flexibility index (Phi) is 2.16. The van der Waals surface area contributed by atoms with Gasteiger partial charge in [-0.25, -0.2) is 0 Å². The Hall–Kier alpha value is -0.0400. The van der Waals surface area contributed by atoms with E-state index >= 15 is 0 Å². The molecule has 0 radical (unpaired) electrons. The molecule has 1 heteroatoms. The molecule has 2 bridgehead atoms. The third-order valence-electron chi connectivity index (χ3n) is 4.21. The van der Waals surface area contributed by atoms with E-state index in [1.807, 2.05) is 0 Å². The summed E-state index contributed by atoms with van der Waals surface area (Å²) in [6.07, 6.45) is 2.96. The van der Waals surface area contributed by atoms with Gasteiger partial charge in [-0.3, -0.25) is 0 Å². The molecule has 12 heavy (non-hydrogen) atoms. The second kappa shape index (κ2) is 3.02. The number of fused-ring (bicyclic) bond motifs is 2. The Morgan fingerprint density at radius 1 is 1.08 bits per heavy atom. The van der Waals surface area contributed by atoms with Gasteiger partial charge in [0.05, 0.1) is 0 Å². The predicted octanol–water partition coefficient (Wildman–Crippen LogP) is 2.23. The third-order valence-corrected chi connectivity index (χ3v) is 4.21. The van der Waals surface area contributed by atoms with Crippen molar-refractivity contribution in [1.29, 1.82) is 0 Å². The molecular weight excluding hydrogens is 146 g/mol. The lowest BCUT2D eigenvalue weighted by Gasteiger charge is -2.48. The zero-order valence-corrected chi connectivity index (χ0v) is 8.59. The van der Waals surface area contributed by atoms with Crippen LogP contribution in [0.1, 0.15) is 26.7 Å². The zero-order valence-electron chi connectivity index (χ0n) is 8.59. The average Bonchev–Trinajstić information content (AvgIpc) is 2.01.